The van der Waals surface area contributed by atoms with Crippen LogP contribution in [0.3, 0.4) is 0 Å². The summed E-state index contributed by atoms with van der Waals surface area (Å²) in [7, 11) is 0. The Kier molecular flexibility index (Phi) is 10.2. The molecule has 0 unspecified atom stereocenters. The molecule has 3 N–H and O–H groups in total. The van der Waals surface area contributed by atoms with Crippen LogP contribution >= 0.6 is 0 Å². The molecule has 1 aliphatic heterocycles. The third-order valence-corrected chi connectivity index (χ3v) is 7.52. The second kappa shape index (κ2) is 14.6. The molecule has 0 saturated carbocycles. The van der Waals surface area contributed by atoms with E-state index >= 15 is 0 Å². The summed E-state index contributed by atoms with van der Waals surface area (Å²) in [5, 5.41) is 2.96. The van der Waals surface area contributed by atoms with Crippen molar-refractivity contribution < 1.29 is 9.53 Å². The Morgan fingerprint density at radius 3 is 1.80 bits per heavy atom. The molecule has 4 aromatic rings. The summed E-state index contributed by atoms with van der Waals surface area (Å²) in [6.45, 7) is 6.69. The molecule has 41 heavy (non-hydrogen) atoms. The van der Waals surface area contributed by atoms with Gasteiger partial charge in [-0.25, -0.2) is 0 Å². The Hall–Kier alpha value is -3.97. The number of hydrogen-bond donors (Lipinski definition) is 2. The van der Waals surface area contributed by atoms with Crippen LogP contribution in [0.1, 0.15) is 28.7 Å². The van der Waals surface area contributed by atoms with Crippen LogP contribution in [0.4, 0.5) is 5.69 Å². The zero-order valence-corrected chi connectivity index (χ0v) is 23.6. The molecule has 5 rings (SSSR count). The first-order chi connectivity index (χ1) is 20.1. The largest absolute Gasteiger partial charge is 0.489 e. The van der Waals surface area contributed by atoms with Gasteiger partial charge in [-0.2, -0.15) is 0 Å². The second-order valence-electron chi connectivity index (χ2n) is 10.8. The van der Waals surface area contributed by atoms with Crippen LogP contribution in [0.25, 0.3) is 0 Å². The van der Waals surface area contributed by atoms with Crippen LogP contribution in [0.15, 0.2) is 109 Å². The normalized spacial score (nSPS) is 15.1. The Morgan fingerprint density at radius 2 is 1.22 bits per heavy atom. The van der Waals surface area contributed by atoms with Crippen molar-refractivity contribution in [2.75, 3.05) is 31.5 Å². The molecule has 0 aromatic heterocycles. The number of hydrogen-bond acceptors (Lipinski definition) is 5. The SMILES string of the molecule is N[C@@H](Cc1ccccc1)C(=O)Nc1ccc(CN2CCCN(Cc3ccc(OCc4ccccc4)cc3)CC2)cc1. The molecule has 1 aliphatic rings. The van der Waals surface area contributed by atoms with Gasteiger partial charge < -0.3 is 15.8 Å². The first-order valence-electron chi connectivity index (χ1n) is 14.5. The standard InChI is InChI=1S/C35H40N4O2/c36-34(24-28-8-3-1-4-9-28)35(40)37-32-16-12-29(13-17-32)25-38-20-7-21-39(23-22-38)26-30-14-18-33(19-15-30)41-27-31-10-5-2-6-11-31/h1-6,8-19,34H,7,20-27,36H2,(H,37,40)/t34-/m0/s1. The van der Waals surface area contributed by atoms with E-state index in [9.17, 15) is 4.79 Å². The highest BCUT2D eigenvalue weighted by molar-refractivity contribution is 5.94. The van der Waals surface area contributed by atoms with E-state index in [1.165, 1.54) is 16.7 Å². The monoisotopic (exact) mass is 548 g/mol. The lowest BCUT2D eigenvalue weighted by Crippen LogP contribution is -2.37. The fourth-order valence-corrected chi connectivity index (χ4v) is 5.18. The Morgan fingerprint density at radius 1 is 0.683 bits per heavy atom. The quantitative estimate of drug-likeness (QED) is 0.260. The third kappa shape index (κ3) is 9.02. The minimum Gasteiger partial charge on any atom is -0.489 e. The average molecular weight is 549 g/mol. The molecule has 6 nitrogen and oxygen atoms in total. The molecule has 1 saturated heterocycles. The maximum absolute atomic E-state index is 12.6. The molecule has 0 bridgehead atoms. The van der Waals surface area contributed by atoms with Crippen LogP contribution in [-0.2, 0) is 30.9 Å². The van der Waals surface area contributed by atoms with Crippen molar-refractivity contribution in [1.29, 1.82) is 0 Å². The molecule has 1 atom stereocenters. The van der Waals surface area contributed by atoms with Gasteiger partial charge >= 0.3 is 0 Å². The molecule has 0 radical (unpaired) electrons. The van der Waals surface area contributed by atoms with Crippen molar-refractivity contribution in [2.24, 2.45) is 5.73 Å². The molecule has 0 spiro atoms. The van der Waals surface area contributed by atoms with Crippen molar-refractivity contribution in [3.63, 3.8) is 0 Å². The van der Waals surface area contributed by atoms with E-state index in [0.717, 1.165) is 62.7 Å². The van der Waals surface area contributed by atoms with Crippen molar-refractivity contribution in [1.82, 2.24) is 9.80 Å². The van der Waals surface area contributed by atoms with E-state index in [2.05, 4.69) is 63.6 Å². The topological polar surface area (TPSA) is 70.8 Å². The van der Waals surface area contributed by atoms with E-state index in [0.29, 0.717) is 13.0 Å². The van der Waals surface area contributed by atoms with Crippen molar-refractivity contribution in [3.05, 3.63) is 131 Å². The molecule has 6 heteroatoms. The molecular formula is C35H40N4O2. The number of anilines is 1. The fourth-order valence-electron chi connectivity index (χ4n) is 5.18. The zero-order valence-electron chi connectivity index (χ0n) is 23.6. The van der Waals surface area contributed by atoms with Gasteiger partial charge in [0.15, 0.2) is 0 Å². The van der Waals surface area contributed by atoms with Gasteiger partial charge in [-0.3, -0.25) is 14.6 Å². The van der Waals surface area contributed by atoms with E-state index in [-0.39, 0.29) is 5.91 Å². The summed E-state index contributed by atoms with van der Waals surface area (Å²) in [4.78, 5) is 17.6. The van der Waals surface area contributed by atoms with Gasteiger partial charge in [0, 0.05) is 31.9 Å². The van der Waals surface area contributed by atoms with Crippen LogP contribution in [-0.4, -0.2) is 47.9 Å². The summed E-state index contributed by atoms with van der Waals surface area (Å²) in [5.74, 6) is 0.740. The molecule has 1 fully saturated rings. The maximum Gasteiger partial charge on any atom is 0.241 e. The highest BCUT2D eigenvalue weighted by Gasteiger charge is 2.17. The number of benzene rings is 4. The van der Waals surface area contributed by atoms with Crippen molar-refractivity contribution in [2.45, 2.75) is 38.6 Å². The summed E-state index contributed by atoms with van der Waals surface area (Å²) in [6.07, 6.45) is 1.66. The van der Waals surface area contributed by atoms with E-state index in [4.69, 9.17) is 10.5 Å². The van der Waals surface area contributed by atoms with Gasteiger partial charge in [-0.15, -0.1) is 0 Å². The first-order valence-corrected chi connectivity index (χ1v) is 14.5. The van der Waals surface area contributed by atoms with Gasteiger partial charge in [-0.1, -0.05) is 84.9 Å². The van der Waals surface area contributed by atoms with Crippen molar-refractivity contribution >= 4 is 11.6 Å². The molecule has 1 amide bonds. The van der Waals surface area contributed by atoms with Crippen LogP contribution in [0.5, 0.6) is 5.75 Å². The minimum absolute atomic E-state index is 0.163. The minimum atomic E-state index is -0.581. The molecule has 4 aromatic carbocycles. The number of rotatable bonds is 11. The lowest BCUT2D eigenvalue weighted by molar-refractivity contribution is -0.117. The second-order valence-corrected chi connectivity index (χ2v) is 10.8. The number of nitrogens with one attached hydrogen (secondary N) is 1. The summed E-state index contributed by atoms with van der Waals surface area (Å²) in [5.41, 5.74) is 11.7. The summed E-state index contributed by atoms with van der Waals surface area (Å²) < 4.78 is 5.94. The number of carbonyl (C=O) groups excluding carboxylic acids is 1. The third-order valence-electron chi connectivity index (χ3n) is 7.52. The first kappa shape index (κ1) is 28.6. The van der Waals surface area contributed by atoms with Gasteiger partial charge in [-0.05, 0) is 72.5 Å². The zero-order chi connectivity index (χ0) is 28.3. The highest BCUT2D eigenvalue weighted by Crippen LogP contribution is 2.18. The lowest BCUT2D eigenvalue weighted by atomic mass is 10.1. The summed E-state index contributed by atoms with van der Waals surface area (Å²) >= 11 is 0. The van der Waals surface area contributed by atoms with Crippen molar-refractivity contribution in [3.8, 4) is 5.75 Å². The van der Waals surface area contributed by atoms with E-state index in [1.807, 2.05) is 60.7 Å². The average Bonchev–Trinajstić information content (AvgIpc) is 3.23. The van der Waals surface area contributed by atoms with Gasteiger partial charge in [0.1, 0.15) is 12.4 Å². The Bertz CT molecular complexity index is 1340. The highest BCUT2D eigenvalue weighted by atomic mass is 16.5. The van der Waals surface area contributed by atoms with Gasteiger partial charge in [0.2, 0.25) is 5.91 Å². The molecule has 0 aliphatic carbocycles. The van der Waals surface area contributed by atoms with Crippen LogP contribution < -0.4 is 15.8 Å². The van der Waals surface area contributed by atoms with Crippen LogP contribution in [0.2, 0.25) is 0 Å². The Balaban J connectivity index is 1.04. The smallest absolute Gasteiger partial charge is 0.241 e. The lowest BCUT2D eigenvalue weighted by Gasteiger charge is -2.22. The van der Waals surface area contributed by atoms with Gasteiger partial charge in [0.25, 0.3) is 0 Å². The molecule has 212 valence electrons. The number of amides is 1. The number of ether oxygens (including phenoxy) is 1. The Labute approximate surface area is 243 Å². The number of nitrogens with two attached hydrogens (primary N) is 1. The van der Waals surface area contributed by atoms with Gasteiger partial charge in [0.05, 0.1) is 6.04 Å². The predicted molar refractivity (Wildman–Crippen MR) is 166 cm³/mol. The maximum atomic E-state index is 12.6. The number of carbonyl (C=O) groups is 1. The predicted octanol–water partition coefficient (Wildman–Crippen LogP) is 5.48. The molecular weight excluding hydrogens is 508 g/mol. The number of nitrogens with zero attached hydrogens (tertiary/aromatic N) is 2. The molecule has 1 heterocycles. The fraction of sp³-hybridized carbons (Fsp3) is 0.286. The van der Waals surface area contributed by atoms with E-state index < -0.39 is 6.04 Å². The van der Waals surface area contributed by atoms with Crippen LogP contribution in [0, 0.1) is 0 Å². The van der Waals surface area contributed by atoms with E-state index in [1.54, 1.807) is 0 Å². The summed E-state index contributed by atoms with van der Waals surface area (Å²) in [6, 6.07) is 36.2.